The van der Waals surface area contributed by atoms with Crippen LogP contribution in [0.5, 0.6) is 5.75 Å². The average molecular weight is 288 g/mol. The molecule has 1 saturated carbocycles. The fourth-order valence-corrected chi connectivity index (χ4v) is 2.78. The molecule has 0 N–H and O–H groups in total. The highest BCUT2D eigenvalue weighted by molar-refractivity contribution is 5.89. The number of cyclic esters (lactones) is 1. The third-order valence-corrected chi connectivity index (χ3v) is 4.37. The number of ether oxygens (including phenoxy) is 2. The Bertz CT molecular complexity index is 527. The minimum absolute atomic E-state index is 0.266. The van der Waals surface area contributed by atoms with Gasteiger partial charge < -0.3 is 9.47 Å². The molecule has 1 amide bonds. The molecule has 5 nitrogen and oxygen atoms in total. The lowest BCUT2D eigenvalue weighted by Gasteiger charge is -2.13. The Hall–Kier alpha value is -1.75. The van der Waals surface area contributed by atoms with Crippen LogP contribution >= 0.6 is 0 Å². The summed E-state index contributed by atoms with van der Waals surface area (Å²) in [6, 6.07) is 8.27. The van der Waals surface area contributed by atoms with Crippen LogP contribution in [0.2, 0.25) is 0 Å². The summed E-state index contributed by atoms with van der Waals surface area (Å²) in [5.41, 5.74) is 0.867. The Balaban J connectivity index is 1.27. The predicted molar refractivity (Wildman–Crippen MR) is 78.7 cm³/mol. The van der Waals surface area contributed by atoms with Crippen LogP contribution in [0.25, 0.3) is 0 Å². The largest absolute Gasteiger partial charge is 0.492 e. The molecule has 0 aromatic heterocycles. The first-order valence-corrected chi connectivity index (χ1v) is 7.71. The Morgan fingerprint density at radius 2 is 2.05 bits per heavy atom. The van der Waals surface area contributed by atoms with Gasteiger partial charge in [0.05, 0.1) is 12.6 Å². The van der Waals surface area contributed by atoms with Crippen LogP contribution in [0.4, 0.5) is 10.5 Å². The molecule has 0 bridgehead atoms. The molecule has 1 aromatic carbocycles. The number of hydrogen-bond donors (Lipinski definition) is 0. The van der Waals surface area contributed by atoms with Crippen molar-refractivity contribution in [2.24, 2.45) is 5.92 Å². The van der Waals surface area contributed by atoms with Crippen LogP contribution in [0.1, 0.15) is 12.8 Å². The number of rotatable bonds is 6. The van der Waals surface area contributed by atoms with Crippen LogP contribution in [0.3, 0.4) is 0 Å². The number of hydrogen-bond acceptors (Lipinski definition) is 4. The van der Waals surface area contributed by atoms with Crippen molar-refractivity contribution < 1.29 is 14.3 Å². The van der Waals surface area contributed by atoms with Crippen LogP contribution in [-0.2, 0) is 4.74 Å². The number of carbonyl (C=O) groups is 1. The van der Waals surface area contributed by atoms with Gasteiger partial charge in [0.2, 0.25) is 0 Å². The molecule has 2 aliphatic heterocycles. The molecule has 21 heavy (non-hydrogen) atoms. The van der Waals surface area contributed by atoms with E-state index in [1.54, 1.807) is 4.90 Å². The van der Waals surface area contributed by atoms with Crippen LogP contribution in [0.15, 0.2) is 24.3 Å². The van der Waals surface area contributed by atoms with Crippen molar-refractivity contribution in [3.8, 4) is 5.75 Å². The Morgan fingerprint density at radius 3 is 2.71 bits per heavy atom. The lowest BCUT2D eigenvalue weighted by molar-refractivity contribution is 0.181. The van der Waals surface area contributed by atoms with Gasteiger partial charge in [0.25, 0.3) is 0 Å². The number of benzene rings is 1. The summed E-state index contributed by atoms with van der Waals surface area (Å²) in [6.07, 6.45) is 2.55. The SMILES string of the molecule is O=C1OCCN1c1ccc(OCC2CN2CC2CC2)cc1. The molecule has 2 atom stereocenters. The molecule has 1 aliphatic carbocycles. The van der Waals surface area contributed by atoms with Gasteiger partial charge in [-0.3, -0.25) is 9.80 Å². The highest BCUT2D eigenvalue weighted by atomic mass is 16.6. The summed E-state index contributed by atoms with van der Waals surface area (Å²) in [7, 11) is 0. The summed E-state index contributed by atoms with van der Waals surface area (Å²) in [5.74, 6) is 1.82. The summed E-state index contributed by atoms with van der Waals surface area (Å²) < 4.78 is 10.8. The van der Waals surface area contributed by atoms with E-state index in [1.807, 2.05) is 24.3 Å². The minimum atomic E-state index is -0.266. The summed E-state index contributed by atoms with van der Waals surface area (Å²) in [4.78, 5) is 15.6. The van der Waals surface area contributed by atoms with Crippen molar-refractivity contribution in [3.05, 3.63) is 24.3 Å². The maximum Gasteiger partial charge on any atom is 0.414 e. The first-order valence-electron chi connectivity index (χ1n) is 7.71. The van der Waals surface area contributed by atoms with Gasteiger partial charge in [0, 0.05) is 18.8 Å². The standard InChI is InChI=1S/C16H20N2O3/c19-16-18(7-8-20-16)13-3-5-15(6-4-13)21-11-14-10-17(14)9-12-1-2-12/h3-6,12,14H,1-2,7-11H2. The number of nitrogens with zero attached hydrogens (tertiary/aromatic N) is 2. The maximum atomic E-state index is 11.5. The van der Waals surface area contributed by atoms with E-state index in [0.717, 1.165) is 24.0 Å². The normalized spacial score (nSPS) is 27.6. The van der Waals surface area contributed by atoms with Crippen molar-refractivity contribution in [2.45, 2.75) is 18.9 Å². The lowest BCUT2D eigenvalue weighted by atomic mass is 10.3. The van der Waals surface area contributed by atoms with E-state index in [2.05, 4.69) is 4.90 Å². The van der Waals surface area contributed by atoms with Gasteiger partial charge in [-0.05, 0) is 43.0 Å². The van der Waals surface area contributed by atoms with E-state index < -0.39 is 0 Å². The van der Waals surface area contributed by atoms with Gasteiger partial charge in [0.15, 0.2) is 0 Å². The Labute approximate surface area is 124 Å². The molecule has 0 spiro atoms. The van der Waals surface area contributed by atoms with Crippen molar-refractivity contribution in [1.82, 2.24) is 4.90 Å². The van der Waals surface area contributed by atoms with Gasteiger partial charge in [-0.25, -0.2) is 4.79 Å². The molecule has 3 aliphatic rings. The van der Waals surface area contributed by atoms with Crippen LogP contribution in [0, 0.1) is 5.92 Å². The molecule has 2 heterocycles. The maximum absolute atomic E-state index is 11.5. The first kappa shape index (κ1) is 13.0. The van der Waals surface area contributed by atoms with Gasteiger partial charge >= 0.3 is 6.09 Å². The van der Waals surface area contributed by atoms with E-state index in [9.17, 15) is 4.79 Å². The summed E-state index contributed by atoms with van der Waals surface area (Å²) in [6.45, 7) is 4.28. The zero-order valence-electron chi connectivity index (χ0n) is 12.0. The second kappa shape index (κ2) is 5.22. The van der Waals surface area contributed by atoms with Crippen LogP contribution < -0.4 is 9.64 Å². The number of amides is 1. The Kier molecular flexibility index (Phi) is 3.22. The second-order valence-corrected chi connectivity index (χ2v) is 6.12. The Morgan fingerprint density at radius 1 is 1.24 bits per heavy atom. The molecule has 5 heteroatoms. The average Bonchev–Trinajstić information content (AvgIpc) is 3.41. The molecule has 2 unspecified atom stereocenters. The summed E-state index contributed by atoms with van der Waals surface area (Å²) >= 11 is 0. The van der Waals surface area contributed by atoms with Crippen LogP contribution in [-0.4, -0.2) is 49.9 Å². The molecular weight excluding hydrogens is 268 g/mol. The van der Waals surface area contributed by atoms with Gasteiger partial charge in [-0.15, -0.1) is 0 Å². The molecular formula is C16H20N2O3. The highest BCUT2D eigenvalue weighted by Gasteiger charge is 2.38. The van der Waals surface area contributed by atoms with Gasteiger partial charge in [0.1, 0.15) is 19.0 Å². The summed E-state index contributed by atoms with van der Waals surface area (Å²) in [5, 5.41) is 0. The fraction of sp³-hybridized carbons (Fsp3) is 0.562. The third kappa shape index (κ3) is 2.97. The molecule has 4 rings (SSSR count). The molecule has 1 aromatic rings. The van der Waals surface area contributed by atoms with Crippen molar-refractivity contribution >= 4 is 11.8 Å². The predicted octanol–water partition coefficient (Wildman–Crippen LogP) is 2.12. The van der Waals surface area contributed by atoms with Gasteiger partial charge in [-0.2, -0.15) is 0 Å². The lowest BCUT2D eigenvalue weighted by Crippen LogP contribution is -2.23. The first-order chi connectivity index (χ1) is 10.3. The van der Waals surface area contributed by atoms with E-state index in [0.29, 0.717) is 19.2 Å². The second-order valence-electron chi connectivity index (χ2n) is 6.12. The van der Waals surface area contributed by atoms with E-state index in [-0.39, 0.29) is 6.09 Å². The molecule has 2 saturated heterocycles. The number of carbonyl (C=O) groups excluding carboxylic acids is 1. The zero-order valence-corrected chi connectivity index (χ0v) is 12.0. The fourth-order valence-electron chi connectivity index (χ4n) is 2.78. The molecule has 3 fully saturated rings. The van der Waals surface area contributed by atoms with Crippen molar-refractivity contribution in [2.75, 3.05) is 37.7 Å². The van der Waals surface area contributed by atoms with E-state index in [4.69, 9.17) is 9.47 Å². The molecule has 0 radical (unpaired) electrons. The smallest absolute Gasteiger partial charge is 0.414 e. The van der Waals surface area contributed by atoms with E-state index >= 15 is 0 Å². The van der Waals surface area contributed by atoms with E-state index in [1.165, 1.54) is 25.9 Å². The van der Waals surface area contributed by atoms with Crippen molar-refractivity contribution in [1.29, 1.82) is 0 Å². The number of anilines is 1. The zero-order chi connectivity index (χ0) is 14.2. The monoisotopic (exact) mass is 288 g/mol. The highest BCUT2D eigenvalue weighted by Crippen LogP contribution is 2.33. The van der Waals surface area contributed by atoms with Crippen molar-refractivity contribution in [3.63, 3.8) is 0 Å². The minimum Gasteiger partial charge on any atom is -0.492 e. The quantitative estimate of drug-likeness (QED) is 0.752. The third-order valence-electron chi connectivity index (χ3n) is 4.37. The topological polar surface area (TPSA) is 41.8 Å². The van der Waals surface area contributed by atoms with Gasteiger partial charge in [-0.1, -0.05) is 0 Å². The molecule has 112 valence electrons.